The first-order valence-electron chi connectivity index (χ1n) is 5.84. The third kappa shape index (κ3) is 4.41. The molecule has 1 nitrogen and oxygen atoms in total. The summed E-state index contributed by atoms with van der Waals surface area (Å²) in [5.41, 5.74) is 0.270. The Balaban J connectivity index is 2.23. The van der Waals surface area contributed by atoms with Gasteiger partial charge < -0.3 is 5.32 Å². The molecule has 0 aromatic carbocycles. The van der Waals surface area contributed by atoms with Crippen LogP contribution < -0.4 is 5.32 Å². The smallest absolute Gasteiger partial charge is 0.104 e. The van der Waals surface area contributed by atoms with E-state index in [4.69, 9.17) is 0 Å². The zero-order valence-corrected chi connectivity index (χ0v) is 9.78. The van der Waals surface area contributed by atoms with Crippen LogP contribution in [0.2, 0.25) is 0 Å². The number of hydrogen-bond acceptors (Lipinski definition) is 1. The van der Waals surface area contributed by atoms with Crippen LogP contribution in [0.4, 0.5) is 4.39 Å². The van der Waals surface area contributed by atoms with Crippen LogP contribution in [-0.2, 0) is 0 Å². The fraction of sp³-hybridized carbons (Fsp3) is 1.00. The Morgan fingerprint density at radius 1 is 1.43 bits per heavy atom. The summed E-state index contributed by atoms with van der Waals surface area (Å²) in [7, 11) is 0. The van der Waals surface area contributed by atoms with E-state index in [9.17, 15) is 4.39 Å². The van der Waals surface area contributed by atoms with Crippen molar-refractivity contribution < 1.29 is 4.39 Å². The number of rotatable bonds is 3. The van der Waals surface area contributed by atoms with Crippen molar-refractivity contribution >= 4 is 0 Å². The van der Waals surface area contributed by atoms with E-state index in [1.807, 2.05) is 0 Å². The average molecular weight is 201 g/mol. The zero-order valence-electron chi connectivity index (χ0n) is 9.78. The molecule has 2 unspecified atom stereocenters. The molecule has 0 spiro atoms. The van der Waals surface area contributed by atoms with Crippen LogP contribution in [-0.4, -0.2) is 19.3 Å². The highest BCUT2D eigenvalue weighted by molar-refractivity contribution is 4.77. The third-order valence-corrected chi connectivity index (χ3v) is 3.02. The van der Waals surface area contributed by atoms with Crippen molar-refractivity contribution in [3.8, 4) is 0 Å². The predicted molar refractivity (Wildman–Crippen MR) is 59.2 cm³/mol. The summed E-state index contributed by atoms with van der Waals surface area (Å²) in [6.07, 6.45) is 3.33. The largest absolute Gasteiger partial charge is 0.316 e. The first kappa shape index (κ1) is 12.0. The third-order valence-electron chi connectivity index (χ3n) is 3.02. The number of hydrogen-bond donors (Lipinski definition) is 1. The van der Waals surface area contributed by atoms with Gasteiger partial charge in [0.15, 0.2) is 0 Å². The molecule has 1 saturated heterocycles. The molecular weight excluding hydrogens is 177 g/mol. The molecule has 1 N–H and O–H groups in total. The monoisotopic (exact) mass is 201 g/mol. The molecule has 0 bridgehead atoms. The van der Waals surface area contributed by atoms with E-state index in [0.29, 0.717) is 0 Å². The van der Waals surface area contributed by atoms with Gasteiger partial charge in [-0.15, -0.1) is 0 Å². The lowest BCUT2D eigenvalue weighted by molar-refractivity contribution is 0.162. The minimum absolute atomic E-state index is 0.270. The van der Waals surface area contributed by atoms with Crippen LogP contribution >= 0.6 is 0 Å². The van der Waals surface area contributed by atoms with Gasteiger partial charge in [0, 0.05) is 12.5 Å². The molecular formula is C12H24FN. The van der Waals surface area contributed by atoms with Crippen molar-refractivity contribution in [2.45, 2.75) is 52.6 Å². The topological polar surface area (TPSA) is 12.0 Å². The highest BCUT2D eigenvalue weighted by Crippen LogP contribution is 2.27. The highest BCUT2D eigenvalue weighted by atomic mass is 19.1. The second-order valence-electron chi connectivity index (χ2n) is 5.72. The number of nitrogens with one attached hydrogen (secondary N) is 1. The second-order valence-corrected chi connectivity index (χ2v) is 5.72. The number of halogens is 1. The summed E-state index contributed by atoms with van der Waals surface area (Å²) in [4.78, 5) is 0. The van der Waals surface area contributed by atoms with Crippen molar-refractivity contribution in [2.24, 2.45) is 11.3 Å². The van der Waals surface area contributed by atoms with Gasteiger partial charge >= 0.3 is 0 Å². The highest BCUT2D eigenvalue weighted by Gasteiger charge is 2.24. The van der Waals surface area contributed by atoms with Crippen LogP contribution in [0.5, 0.6) is 0 Å². The maximum absolute atomic E-state index is 13.8. The minimum Gasteiger partial charge on any atom is -0.316 e. The number of alkyl halides is 1. The van der Waals surface area contributed by atoms with Crippen molar-refractivity contribution in [1.29, 1.82) is 0 Å². The van der Waals surface area contributed by atoms with E-state index in [2.05, 4.69) is 26.1 Å². The Labute approximate surface area is 87.5 Å². The second kappa shape index (κ2) is 5.11. The Kier molecular flexibility index (Phi) is 4.36. The predicted octanol–water partition coefficient (Wildman–Crippen LogP) is 3.15. The molecule has 0 amide bonds. The van der Waals surface area contributed by atoms with E-state index >= 15 is 0 Å². The van der Waals surface area contributed by atoms with Crippen LogP contribution in [0.1, 0.15) is 46.5 Å². The molecule has 1 aliphatic heterocycles. The van der Waals surface area contributed by atoms with Crippen LogP contribution in [0, 0.1) is 11.3 Å². The SMILES string of the molecule is CC(C)(C)CCC(F)C1CCCNC1. The van der Waals surface area contributed by atoms with E-state index < -0.39 is 6.17 Å². The molecule has 2 atom stereocenters. The lowest BCUT2D eigenvalue weighted by Gasteiger charge is -2.27. The molecule has 2 heteroatoms. The van der Waals surface area contributed by atoms with Gasteiger partial charge in [-0.2, -0.15) is 0 Å². The molecule has 0 aromatic rings. The molecule has 1 rings (SSSR count). The van der Waals surface area contributed by atoms with Crippen LogP contribution in [0.3, 0.4) is 0 Å². The summed E-state index contributed by atoms with van der Waals surface area (Å²) >= 11 is 0. The normalized spacial score (nSPS) is 26.1. The molecule has 0 radical (unpaired) electrons. The van der Waals surface area contributed by atoms with Gasteiger partial charge in [0.1, 0.15) is 6.17 Å². The van der Waals surface area contributed by atoms with Gasteiger partial charge in [0.2, 0.25) is 0 Å². The lowest BCUT2D eigenvalue weighted by atomic mass is 9.85. The van der Waals surface area contributed by atoms with Gasteiger partial charge in [0.25, 0.3) is 0 Å². The fourth-order valence-corrected chi connectivity index (χ4v) is 1.99. The van der Waals surface area contributed by atoms with Crippen molar-refractivity contribution in [3.05, 3.63) is 0 Å². The van der Waals surface area contributed by atoms with Crippen LogP contribution in [0.25, 0.3) is 0 Å². The zero-order chi connectivity index (χ0) is 10.6. The maximum atomic E-state index is 13.8. The van der Waals surface area contributed by atoms with Gasteiger partial charge in [-0.25, -0.2) is 4.39 Å². The van der Waals surface area contributed by atoms with E-state index in [0.717, 1.165) is 38.8 Å². The summed E-state index contributed by atoms with van der Waals surface area (Å²) in [5.74, 6) is 0.270. The van der Waals surface area contributed by atoms with E-state index in [1.54, 1.807) is 0 Å². The van der Waals surface area contributed by atoms with Crippen molar-refractivity contribution in [2.75, 3.05) is 13.1 Å². The summed E-state index contributed by atoms with van der Waals surface area (Å²) in [5, 5.41) is 3.27. The first-order valence-corrected chi connectivity index (χ1v) is 5.84. The summed E-state index contributed by atoms with van der Waals surface area (Å²) in [6, 6.07) is 0. The molecule has 1 aliphatic rings. The lowest BCUT2D eigenvalue weighted by Crippen LogP contribution is -2.35. The molecule has 1 heterocycles. The van der Waals surface area contributed by atoms with E-state index in [1.165, 1.54) is 0 Å². The molecule has 0 saturated carbocycles. The quantitative estimate of drug-likeness (QED) is 0.739. The minimum atomic E-state index is -0.595. The average Bonchev–Trinajstić information content (AvgIpc) is 2.14. The van der Waals surface area contributed by atoms with Crippen LogP contribution in [0.15, 0.2) is 0 Å². The molecule has 0 aromatic heterocycles. The van der Waals surface area contributed by atoms with Gasteiger partial charge in [-0.1, -0.05) is 20.8 Å². The summed E-state index contributed by atoms with van der Waals surface area (Å²) < 4.78 is 13.8. The van der Waals surface area contributed by atoms with Crippen molar-refractivity contribution in [3.63, 3.8) is 0 Å². The van der Waals surface area contributed by atoms with Gasteiger partial charge in [0.05, 0.1) is 0 Å². The number of piperidine rings is 1. The molecule has 84 valence electrons. The standard InChI is InChI=1S/C12H24FN/c1-12(2,3)7-6-11(13)10-5-4-8-14-9-10/h10-11,14H,4-9H2,1-3H3. The van der Waals surface area contributed by atoms with Gasteiger partial charge in [-0.05, 0) is 37.6 Å². The molecule has 1 fully saturated rings. The fourth-order valence-electron chi connectivity index (χ4n) is 1.99. The van der Waals surface area contributed by atoms with Crippen molar-refractivity contribution in [1.82, 2.24) is 5.32 Å². The van der Waals surface area contributed by atoms with Gasteiger partial charge in [-0.3, -0.25) is 0 Å². The first-order chi connectivity index (χ1) is 6.49. The Hall–Kier alpha value is -0.110. The van der Waals surface area contributed by atoms with E-state index in [-0.39, 0.29) is 11.3 Å². The molecule has 14 heavy (non-hydrogen) atoms. The maximum Gasteiger partial charge on any atom is 0.104 e. The Bertz CT molecular complexity index is 156. The molecule has 0 aliphatic carbocycles. The Morgan fingerprint density at radius 3 is 2.64 bits per heavy atom. The summed E-state index contributed by atoms with van der Waals surface area (Å²) in [6.45, 7) is 8.49. The Morgan fingerprint density at radius 2 is 2.14 bits per heavy atom.